The van der Waals surface area contributed by atoms with Crippen LogP contribution in [0.5, 0.6) is 0 Å². The molecule has 0 aromatic heterocycles. The fourth-order valence-corrected chi connectivity index (χ4v) is 1.86. The summed E-state index contributed by atoms with van der Waals surface area (Å²) in [5, 5.41) is 6.65. The van der Waals surface area contributed by atoms with Crippen LogP contribution < -0.4 is 10.6 Å². The third-order valence-electron chi connectivity index (χ3n) is 2.93. The Morgan fingerprint density at radius 1 is 1.10 bits per heavy atom. The van der Waals surface area contributed by atoms with E-state index in [1.54, 1.807) is 0 Å². The first-order valence-corrected chi connectivity index (χ1v) is 7.26. The average Bonchev–Trinajstić information content (AvgIpc) is 2.42. The minimum Gasteiger partial charge on any atom is -0.357 e. The van der Waals surface area contributed by atoms with Gasteiger partial charge in [0.15, 0.2) is 5.96 Å². The number of aryl methyl sites for hydroxylation is 1. The van der Waals surface area contributed by atoms with Gasteiger partial charge in [0.05, 0.1) is 6.54 Å². The Bertz CT molecular complexity index is 402. The molecule has 1 aromatic carbocycles. The van der Waals surface area contributed by atoms with E-state index in [1.807, 2.05) is 0 Å². The maximum atomic E-state index is 4.66. The van der Waals surface area contributed by atoms with Crippen LogP contribution in [0.3, 0.4) is 0 Å². The van der Waals surface area contributed by atoms with Gasteiger partial charge in [0, 0.05) is 13.1 Å². The second-order valence-corrected chi connectivity index (χ2v) is 5.09. The SMILES string of the molecule is CCNC(=NCc1ccccc1CC)NCC(C)C.I. The van der Waals surface area contributed by atoms with Crippen molar-refractivity contribution in [1.29, 1.82) is 0 Å². The van der Waals surface area contributed by atoms with Crippen molar-refractivity contribution in [2.24, 2.45) is 10.9 Å². The Morgan fingerprint density at radius 2 is 1.75 bits per heavy atom. The van der Waals surface area contributed by atoms with E-state index in [4.69, 9.17) is 0 Å². The van der Waals surface area contributed by atoms with Gasteiger partial charge in [0.25, 0.3) is 0 Å². The van der Waals surface area contributed by atoms with Gasteiger partial charge in [0.2, 0.25) is 0 Å². The lowest BCUT2D eigenvalue weighted by molar-refractivity contribution is 0.615. The molecule has 0 aliphatic carbocycles. The van der Waals surface area contributed by atoms with E-state index in [1.165, 1.54) is 11.1 Å². The van der Waals surface area contributed by atoms with Crippen molar-refractivity contribution in [2.75, 3.05) is 13.1 Å². The lowest BCUT2D eigenvalue weighted by Crippen LogP contribution is -2.39. The molecule has 0 heterocycles. The first-order chi connectivity index (χ1) is 9.17. The van der Waals surface area contributed by atoms with Crippen LogP contribution in [0.25, 0.3) is 0 Å². The van der Waals surface area contributed by atoms with Crippen molar-refractivity contribution in [2.45, 2.75) is 40.7 Å². The molecule has 2 N–H and O–H groups in total. The standard InChI is InChI=1S/C16H27N3.HI/c1-5-14-9-7-8-10-15(14)12-19-16(17-6-2)18-11-13(3)4;/h7-10,13H,5-6,11-12H2,1-4H3,(H2,17,18,19);1H. The Hall–Kier alpha value is -0.780. The van der Waals surface area contributed by atoms with Gasteiger partial charge in [-0.2, -0.15) is 0 Å². The Kier molecular flexibility index (Phi) is 10.5. The van der Waals surface area contributed by atoms with Crippen molar-refractivity contribution in [1.82, 2.24) is 10.6 Å². The van der Waals surface area contributed by atoms with Gasteiger partial charge in [-0.1, -0.05) is 45.0 Å². The molecule has 0 spiro atoms. The predicted octanol–water partition coefficient (Wildman–Crippen LogP) is 3.58. The van der Waals surface area contributed by atoms with E-state index in [0.29, 0.717) is 5.92 Å². The molecule has 0 aliphatic rings. The van der Waals surface area contributed by atoms with E-state index in [9.17, 15) is 0 Å². The van der Waals surface area contributed by atoms with Gasteiger partial charge in [-0.05, 0) is 30.4 Å². The smallest absolute Gasteiger partial charge is 0.191 e. The summed E-state index contributed by atoms with van der Waals surface area (Å²) >= 11 is 0. The van der Waals surface area contributed by atoms with E-state index < -0.39 is 0 Å². The number of hydrogen-bond acceptors (Lipinski definition) is 1. The number of halogens is 1. The fourth-order valence-electron chi connectivity index (χ4n) is 1.86. The van der Waals surface area contributed by atoms with Crippen molar-refractivity contribution in [3.63, 3.8) is 0 Å². The van der Waals surface area contributed by atoms with Crippen LogP contribution in [0, 0.1) is 5.92 Å². The molecule has 1 rings (SSSR count). The van der Waals surface area contributed by atoms with Crippen LogP contribution in [0.1, 0.15) is 38.8 Å². The van der Waals surface area contributed by atoms with Crippen molar-refractivity contribution in [3.8, 4) is 0 Å². The highest BCUT2D eigenvalue weighted by atomic mass is 127. The maximum Gasteiger partial charge on any atom is 0.191 e. The summed E-state index contributed by atoms with van der Waals surface area (Å²) in [6.07, 6.45) is 1.06. The van der Waals surface area contributed by atoms with Crippen molar-refractivity contribution >= 4 is 29.9 Å². The van der Waals surface area contributed by atoms with Crippen LogP contribution in [0.2, 0.25) is 0 Å². The Morgan fingerprint density at radius 3 is 2.30 bits per heavy atom. The van der Waals surface area contributed by atoms with Gasteiger partial charge in [0.1, 0.15) is 0 Å². The van der Waals surface area contributed by atoms with Crippen LogP contribution in [0.15, 0.2) is 29.3 Å². The molecule has 0 atom stereocenters. The molecular weight excluding hydrogens is 361 g/mol. The van der Waals surface area contributed by atoms with E-state index >= 15 is 0 Å². The lowest BCUT2D eigenvalue weighted by Gasteiger charge is -2.13. The first kappa shape index (κ1) is 19.2. The fraction of sp³-hybridized carbons (Fsp3) is 0.562. The number of nitrogens with one attached hydrogen (secondary N) is 2. The van der Waals surface area contributed by atoms with Gasteiger partial charge in [-0.25, -0.2) is 4.99 Å². The number of rotatable bonds is 6. The Balaban J connectivity index is 0.00000361. The quantitative estimate of drug-likeness (QED) is 0.443. The molecule has 0 unspecified atom stereocenters. The summed E-state index contributed by atoms with van der Waals surface area (Å²) in [6.45, 7) is 11.2. The van der Waals surface area contributed by atoms with Crippen LogP contribution >= 0.6 is 24.0 Å². The third kappa shape index (κ3) is 7.12. The number of benzene rings is 1. The minimum absolute atomic E-state index is 0. The summed E-state index contributed by atoms with van der Waals surface area (Å²) in [4.78, 5) is 4.66. The second-order valence-electron chi connectivity index (χ2n) is 5.09. The molecule has 1 aromatic rings. The summed E-state index contributed by atoms with van der Waals surface area (Å²) in [5.41, 5.74) is 2.69. The zero-order valence-electron chi connectivity index (χ0n) is 13.1. The summed E-state index contributed by atoms with van der Waals surface area (Å²) in [6, 6.07) is 8.51. The van der Waals surface area contributed by atoms with Crippen molar-refractivity contribution in [3.05, 3.63) is 35.4 Å². The average molecular weight is 389 g/mol. The molecule has 0 bridgehead atoms. The largest absolute Gasteiger partial charge is 0.357 e. The van der Waals surface area contributed by atoms with Gasteiger partial charge in [-0.15, -0.1) is 24.0 Å². The van der Waals surface area contributed by atoms with Crippen LogP contribution in [0.4, 0.5) is 0 Å². The second kappa shape index (κ2) is 10.9. The van der Waals surface area contributed by atoms with E-state index in [-0.39, 0.29) is 24.0 Å². The molecule has 0 saturated heterocycles. The molecule has 0 radical (unpaired) electrons. The summed E-state index contributed by atoms with van der Waals surface area (Å²) in [5.74, 6) is 1.52. The number of aliphatic imine (C=N–C) groups is 1. The number of nitrogens with zero attached hydrogens (tertiary/aromatic N) is 1. The highest BCUT2D eigenvalue weighted by Gasteiger charge is 2.01. The third-order valence-corrected chi connectivity index (χ3v) is 2.93. The molecule has 20 heavy (non-hydrogen) atoms. The molecule has 4 heteroatoms. The monoisotopic (exact) mass is 389 g/mol. The zero-order valence-corrected chi connectivity index (χ0v) is 15.4. The molecule has 114 valence electrons. The summed E-state index contributed by atoms with van der Waals surface area (Å²) in [7, 11) is 0. The molecule has 3 nitrogen and oxygen atoms in total. The highest BCUT2D eigenvalue weighted by molar-refractivity contribution is 14.0. The Labute approximate surface area is 140 Å². The summed E-state index contributed by atoms with van der Waals surface area (Å²) < 4.78 is 0. The first-order valence-electron chi connectivity index (χ1n) is 7.26. The molecule has 0 saturated carbocycles. The van der Waals surface area contributed by atoms with Gasteiger partial charge in [-0.3, -0.25) is 0 Å². The predicted molar refractivity (Wildman–Crippen MR) is 98.9 cm³/mol. The molecular formula is C16H28IN3. The van der Waals surface area contributed by atoms with E-state index in [2.05, 4.69) is 67.6 Å². The number of guanidine groups is 1. The molecule has 0 fully saturated rings. The minimum atomic E-state index is 0. The van der Waals surface area contributed by atoms with E-state index in [0.717, 1.165) is 32.0 Å². The van der Waals surface area contributed by atoms with Crippen LogP contribution in [-0.2, 0) is 13.0 Å². The van der Waals surface area contributed by atoms with Gasteiger partial charge >= 0.3 is 0 Å². The number of hydrogen-bond donors (Lipinski definition) is 2. The molecule has 0 aliphatic heterocycles. The molecule has 0 amide bonds. The van der Waals surface area contributed by atoms with Gasteiger partial charge < -0.3 is 10.6 Å². The normalized spacial score (nSPS) is 11.2. The lowest BCUT2D eigenvalue weighted by atomic mass is 10.1. The topological polar surface area (TPSA) is 36.4 Å². The van der Waals surface area contributed by atoms with Crippen molar-refractivity contribution < 1.29 is 0 Å². The highest BCUT2D eigenvalue weighted by Crippen LogP contribution is 2.10. The zero-order chi connectivity index (χ0) is 14.1. The maximum absolute atomic E-state index is 4.66. The van der Waals surface area contributed by atoms with Crippen LogP contribution in [-0.4, -0.2) is 19.0 Å².